The Morgan fingerprint density at radius 1 is 1.20 bits per heavy atom. The number of anilines is 1. The first kappa shape index (κ1) is 23.5. The molecule has 0 saturated carbocycles. The van der Waals surface area contributed by atoms with Crippen molar-refractivity contribution in [2.75, 3.05) is 25.0 Å². The molecule has 0 aromatic heterocycles. The van der Waals surface area contributed by atoms with Crippen LogP contribution in [0, 0.1) is 11.8 Å². The third-order valence-electron chi connectivity index (χ3n) is 4.67. The van der Waals surface area contributed by atoms with Gasteiger partial charge in [0.15, 0.2) is 6.61 Å². The van der Waals surface area contributed by atoms with Gasteiger partial charge in [-0.25, -0.2) is 4.79 Å². The van der Waals surface area contributed by atoms with Crippen LogP contribution in [0.15, 0.2) is 24.3 Å². The van der Waals surface area contributed by atoms with E-state index < -0.39 is 18.9 Å². The van der Waals surface area contributed by atoms with Crippen molar-refractivity contribution in [2.24, 2.45) is 11.8 Å². The number of nitrogens with one attached hydrogen (secondary N) is 2. The van der Waals surface area contributed by atoms with Gasteiger partial charge in [-0.2, -0.15) is 13.2 Å². The third-order valence-corrected chi connectivity index (χ3v) is 4.67. The molecule has 0 unspecified atom stereocenters. The fourth-order valence-corrected chi connectivity index (χ4v) is 2.94. The van der Waals surface area contributed by atoms with Crippen LogP contribution in [0.4, 0.5) is 23.7 Å². The van der Waals surface area contributed by atoms with Crippen LogP contribution in [0.25, 0.3) is 0 Å². The monoisotopic (exact) mass is 429 g/mol. The molecule has 0 bridgehead atoms. The molecule has 1 aromatic carbocycles. The highest BCUT2D eigenvalue weighted by Gasteiger charge is 2.32. The highest BCUT2D eigenvalue weighted by molar-refractivity contribution is 5.92. The Kier molecular flexibility index (Phi) is 8.08. The predicted octanol–water partition coefficient (Wildman–Crippen LogP) is 3.31. The SMILES string of the molecule is CC(C)C(=O)Nc1cccc(CNC(=O)C2CCN(C(=O)OCC(F)(F)F)CC2)c1. The van der Waals surface area contributed by atoms with Gasteiger partial charge < -0.3 is 20.3 Å². The van der Waals surface area contributed by atoms with Gasteiger partial charge in [0, 0.05) is 37.2 Å². The van der Waals surface area contributed by atoms with E-state index in [0.717, 1.165) is 5.56 Å². The van der Waals surface area contributed by atoms with Crippen LogP contribution in [0.2, 0.25) is 0 Å². The third kappa shape index (κ3) is 7.57. The van der Waals surface area contributed by atoms with Crippen LogP contribution >= 0.6 is 0 Å². The van der Waals surface area contributed by atoms with Crippen molar-refractivity contribution in [1.29, 1.82) is 0 Å². The van der Waals surface area contributed by atoms with E-state index in [0.29, 0.717) is 18.5 Å². The zero-order valence-electron chi connectivity index (χ0n) is 16.9. The quantitative estimate of drug-likeness (QED) is 0.726. The van der Waals surface area contributed by atoms with Crippen molar-refractivity contribution in [3.63, 3.8) is 0 Å². The minimum Gasteiger partial charge on any atom is -0.440 e. The Morgan fingerprint density at radius 3 is 2.47 bits per heavy atom. The van der Waals surface area contributed by atoms with E-state index in [1.54, 1.807) is 32.0 Å². The summed E-state index contributed by atoms with van der Waals surface area (Å²) in [5.41, 5.74) is 1.46. The maximum atomic E-state index is 12.4. The van der Waals surface area contributed by atoms with Gasteiger partial charge in [-0.1, -0.05) is 26.0 Å². The number of carbonyl (C=O) groups is 3. The molecule has 1 aliphatic heterocycles. The largest absolute Gasteiger partial charge is 0.440 e. The lowest BCUT2D eigenvalue weighted by atomic mass is 9.96. The van der Waals surface area contributed by atoms with Crippen molar-refractivity contribution in [3.8, 4) is 0 Å². The molecule has 1 saturated heterocycles. The number of ether oxygens (including phenoxy) is 1. The predicted molar refractivity (Wildman–Crippen MR) is 103 cm³/mol. The first-order valence-corrected chi connectivity index (χ1v) is 9.71. The van der Waals surface area contributed by atoms with E-state index in [9.17, 15) is 27.6 Å². The molecule has 2 N–H and O–H groups in total. The van der Waals surface area contributed by atoms with E-state index in [2.05, 4.69) is 15.4 Å². The van der Waals surface area contributed by atoms with Crippen molar-refractivity contribution in [1.82, 2.24) is 10.2 Å². The maximum Gasteiger partial charge on any atom is 0.422 e. The lowest BCUT2D eigenvalue weighted by Gasteiger charge is -2.30. The fourth-order valence-electron chi connectivity index (χ4n) is 2.94. The number of benzene rings is 1. The van der Waals surface area contributed by atoms with E-state index in [1.165, 1.54) is 4.90 Å². The summed E-state index contributed by atoms with van der Waals surface area (Å²) in [7, 11) is 0. The van der Waals surface area contributed by atoms with Crippen molar-refractivity contribution < 1.29 is 32.3 Å². The van der Waals surface area contributed by atoms with Gasteiger partial charge in [0.05, 0.1) is 0 Å². The molecule has 0 spiro atoms. The number of alkyl halides is 3. The molecule has 1 aliphatic rings. The Labute approximate surface area is 172 Å². The van der Waals surface area contributed by atoms with Gasteiger partial charge in [0.1, 0.15) is 0 Å². The lowest BCUT2D eigenvalue weighted by molar-refractivity contribution is -0.162. The van der Waals surface area contributed by atoms with Crippen molar-refractivity contribution in [3.05, 3.63) is 29.8 Å². The van der Waals surface area contributed by atoms with Crippen LogP contribution in [0.1, 0.15) is 32.3 Å². The molecule has 10 heteroatoms. The van der Waals surface area contributed by atoms with Crippen LogP contribution in [-0.4, -0.2) is 48.7 Å². The summed E-state index contributed by atoms with van der Waals surface area (Å²) in [5, 5.41) is 5.62. The average molecular weight is 429 g/mol. The second kappa shape index (κ2) is 10.3. The molecule has 1 heterocycles. The van der Waals surface area contributed by atoms with Gasteiger partial charge in [-0.3, -0.25) is 9.59 Å². The Morgan fingerprint density at radius 2 is 1.87 bits per heavy atom. The highest BCUT2D eigenvalue weighted by Crippen LogP contribution is 2.20. The number of amides is 3. The number of rotatable bonds is 6. The minimum absolute atomic E-state index is 0.100. The standard InChI is InChI=1S/C20H26F3N3O4/c1-13(2)17(27)25-16-5-3-4-14(10-16)11-24-18(28)15-6-8-26(9-7-15)19(29)30-12-20(21,22)23/h3-5,10,13,15H,6-9,11-12H2,1-2H3,(H,24,28)(H,25,27). The molecule has 2 rings (SSSR count). The molecule has 0 radical (unpaired) electrons. The number of hydrogen-bond donors (Lipinski definition) is 2. The van der Waals surface area contributed by atoms with E-state index in [-0.39, 0.29) is 43.3 Å². The van der Waals surface area contributed by atoms with Gasteiger partial charge >= 0.3 is 12.3 Å². The molecule has 0 aliphatic carbocycles. The van der Waals surface area contributed by atoms with E-state index in [4.69, 9.17) is 0 Å². The molecular weight excluding hydrogens is 403 g/mol. The van der Waals surface area contributed by atoms with Crippen molar-refractivity contribution >= 4 is 23.6 Å². The average Bonchev–Trinajstić information content (AvgIpc) is 2.70. The Hall–Kier alpha value is -2.78. The summed E-state index contributed by atoms with van der Waals surface area (Å²) in [6.45, 7) is 2.55. The molecule has 7 nitrogen and oxygen atoms in total. The van der Waals surface area contributed by atoms with Crippen LogP contribution < -0.4 is 10.6 Å². The minimum atomic E-state index is -4.57. The van der Waals surface area contributed by atoms with Crippen LogP contribution in [0.3, 0.4) is 0 Å². The fraction of sp³-hybridized carbons (Fsp3) is 0.550. The zero-order chi connectivity index (χ0) is 22.3. The molecular formula is C20H26F3N3O4. The number of nitrogens with zero attached hydrogens (tertiary/aromatic N) is 1. The van der Waals surface area contributed by atoms with Gasteiger partial charge in [-0.05, 0) is 30.5 Å². The Bertz CT molecular complexity index is 760. The van der Waals surface area contributed by atoms with Crippen LogP contribution in [0.5, 0.6) is 0 Å². The molecule has 1 fully saturated rings. The number of piperidine rings is 1. The number of likely N-dealkylation sites (tertiary alicyclic amines) is 1. The summed E-state index contributed by atoms with van der Waals surface area (Å²) < 4.78 is 40.6. The second-order valence-electron chi connectivity index (χ2n) is 7.49. The smallest absolute Gasteiger partial charge is 0.422 e. The van der Waals surface area contributed by atoms with Crippen molar-refractivity contribution in [2.45, 2.75) is 39.4 Å². The van der Waals surface area contributed by atoms with E-state index in [1.807, 2.05) is 6.07 Å². The Balaban J connectivity index is 1.77. The molecule has 166 valence electrons. The van der Waals surface area contributed by atoms with Gasteiger partial charge in [0.25, 0.3) is 0 Å². The highest BCUT2D eigenvalue weighted by atomic mass is 19.4. The lowest BCUT2D eigenvalue weighted by Crippen LogP contribution is -2.43. The zero-order valence-corrected chi connectivity index (χ0v) is 16.9. The van der Waals surface area contributed by atoms with Gasteiger partial charge in [0.2, 0.25) is 11.8 Å². The number of carbonyl (C=O) groups excluding carboxylic acids is 3. The summed E-state index contributed by atoms with van der Waals surface area (Å²) in [6.07, 6.45) is -4.90. The first-order chi connectivity index (χ1) is 14.0. The number of halogens is 3. The van der Waals surface area contributed by atoms with E-state index >= 15 is 0 Å². The topological polar surface area (TPSA) is 87.7 Å². The molecule has 0 atom stereocenters. The molecule has 1 aromatic rings. The first-order valence-electron chi connectivity index (χ1n) is 9.71. The summed E-state index contributed by atoms with van der Waals surface area (Å²) >= 11 is 0. The number of hydrogen-bond acceptors (Lipinski definition) is 4. The molecule has 30 heavy (non-hydrogen) atoms. The summed E-state index contributed by atoms with van der Waals surface area (Å²) in [4.78, 5) is 37.0. The summed E-state index contributed by atoms with van der Waals surface area (Å²) in [6, 6.07) is 7.14. The van der Waals surface area contributed by atoms with Crippen LogP contribution in [-0.2, 0) is 20.9 Å². The normalized spacial score (nSPS) is 15.1. The van der Waals surface area contributed by atoms with Gasteiger partial charge in [-0.15, -0.1) is 0 Å². The second-order valence-corrected chi connectivity index (χ2v) is 7.49. The molecule has 3 amide bonds. The summed E-state index contributed by atoms with van der Waals surface area (Å²) in [5.74, 6) is -0.767. The maximum absolute atomic E-state index is 12.4.